The Morgan fingerprint density at radius 3 is 1.90 bits per heavy atom. The fourth-order valence-electron chi connectivity index (χ4n) is 1.49. The summed E-state index contributed by atoms with van der Waals surface area (Å²) in [6.07, 6.45) is -11.2. The van der Waals surface area contributed by atoms with Crippen LogP contribution in [0.5, 0.6) is 0 Å². The smallest absolute Gasteiger partial charge is 0.418 e. The molecule has 0 saturated carbocycles. The summed E-state index contributed by atoms with van der Waals surface area (Å²) in [5.41, 5.74) is -8.50. The van der Waals surface area contributed by atoms with E-state index in [1.807, 2.05) is 0 Å². The Labute approximate surface area is 105 Å². The van der Waals surface area contributed by atoms with E-state index in [4.69, 9.17) is 5.11 Å². The SMILES string of the molecule is O=C(O)c1c([N+](=O)[O-])ccc(C(F)(F)F)c1C(F)(F)F. The Bertz CT molecular complexity index is 577. The summed E-state index contributed by atoms with van der Waals surface area (Å²) in [4.78, 5) is 19.7. The molecule has 0 aliphatic heterocycles. The molecule has 0 unspecified atom stereocenters. The van der Waals surface area contributed by atoms with Gasteiger partial charge in [-0.05, 0) is 6.07 Å². The number of nitro benzene ring substituents is 1. The quantitative estimate of drug-likeness (QED) is 0.516. The first kappa shape index (κ1) is 15.7. The molecule has 0 spiro atoms. The second-order valence-corrected chi connectivity index (χ2v) is 3.44. The molecule has 11 heteroatoms. The minimum absolute atomic E-state index is 0.0709. The number of alkyl halides is 6. The molecule has 5 nitrogen and oxygen atoms in total. The van der Waals surface area contributed by atoms with Crippen molar-refractivity contribution in [2.75, 3.05) is 0 Å². The van der Waals surface area contributed by atoms with Crippen molar-refractivity contribution in [3.05, 3.63) is 38.9 Å². The Morgan fingerprint density at radius 2 is 1.60 bits per heavy atom. The van der Waals surface area contributed by atoms with Crippen LogP contribution in [0, 0.1) is 10.1 Å². The molecule has 1 aromatic carbocycles. The number of aromatic carboxylic acids is 1. The van der Waals surface area contributed by atoms with E-state index in [0.717, 1.165) is 0 Å². The van der Waals surface area contributed by atoms with E-state index in [1.54, 1.807) is 0 Å². The summed E-state index contributed by atoms with van der Waals surface area (Å²) in [7, 11) is 0. The predicted octanol–water partition coefficient (Wildman–Crippen LogP) is 3.33. The molecule has 1 N–H and O–H groups in total. The number of hydrogen-bond donors (Lipinski definition) is 1. The zero-order valence-electron chi connectivity index (χ0n) is 9.04. The molecule has 0 atom stereocenters. The van der Waals surface area contributed by atoms with E-state index in [9.17, 15) is 41.3 Å². The summed E-state index contributed by atoms with van der Waals surface area (Å²) < 4.78 is 75.4. The zero-order valence-corrected chi connectivity index (χ0v) is 9.04. The summed E-state index contributed by atoms with van der Waals surface area (Å²) in [6.45, 7) is 0. The van der Waals surface area contributed by atoms with Crippen LogP contribution in [-0.4, -0.2) is 16.0 Å². The van der Waals surface area contributed by atoms with E-state index in [-0.39, 0.29) is 12.1 Å². The highest BCUT2D eigenvalue weighted by Crippen LogP contribution is 2.44. The van der Waals surface area contributed by atoms with Crippen molar-refractivity contribution in [2.45, 2.75) is 12.4 Å². The number of nitrogens with zero attached hydrogens (tertiary/aromatic N) is 1. The third-order valence-corrected chi connectivity index (χ3v) is 2.18. The molecule has 0 aromatic heterocycles. The first-order valence-corrected chi connectivity index (χ1v) is 4.56. The third-order valence-electron chi connectivity index (χ3n) is 2.18. The number of benzene rings is 1. The van der Waals surface area contributed by atoms with Gasteiger partial charge in [0.1, 0.15) is 5.56 Å². The lowest BCUT2D eigenvalue weighted by Crippen LogP contribution is -2.22. The molecule has 0 radical (unpaired) electrons. The summed E-state index contributed by atoms with van der Waals surface area (Å²) in [5, 5.41) is 19.0. The lowest BCUT2D eigenvalue weighted by atomic mass is 9.98. The van der Waals surface area contributed by atoms with Gasteiger partial charge in [-0.15, -0.1) is 0 Å². The minimum atomic E-state index is -5.72. The Hall–Kier alpha value is -2.33. The van der Waals surface area contributed by atoms with Gasteiger partial charge >= 0.3 is 18.3 Å². The maximum absolute atomic E-state index is 12.7. The fourth-order valence-corrected chi connectivity index (χ4v) is 1.49. The molecule has 0 aliphatic rings. The Morgan fingerprint density at radius 1 is 1.10 bits per heavy atom. The molecule has 1 rings (SSSR count). The van der Waals surface area contributed by atoms with Crippen LogP contribution in [0.4, 0.5) is 32.0 Å². The first-order valence-electron chi connectivity index (χ1n) is 4.56. The van der Waals surface area contributed by atoms with Crippen LogP contribution in [0.2, 0.25) is 0 Å². The van der Waals surface area contributed by atoms with Gasteiger partial charge in [0.2, 0.25) is 0 Å². The highest BCUT2D eigenvalue weighted by atomic mass is 19.4. The number of nitro groups is 1. The van der Waals surface area contributed by atoms with Crippen molar-refractivity contribution in [1.29, 1.82) is 0 Å². The third kappa shape index (κ3) is 2.81. The topological polar surface area (TPSA) is 80.4 Å². The van der Waals surface area contributed by atoms with Crippen molar-refractivity contribution >= 4 is 11.7 Å². The van der Waals surface area contributed by atoms with Gasteiger partial charge in [-0.2, -0.15) is 26.3 Å². The van der Waals surface area contributed by atoms with Crippen LogP contribution in [0.1, 0.15) is 21.5 Å². The monoisotopic (exact) mass is 303 g/mol. The maximum atomic E-state index is 12.7. The Kier molecular flexibility index (Phi) is 3.66. The van der Waals surface area contributed by atoms with Gasteiger partial charge in [0, 0.05) is 6.07 Å². The van der Waals surface area contributed by atoms with Crippen LogP contribution in [-0.2, 0) is 12.4 Å². The summed E-state index contributed by atoms with van der Waals surface area (Å²) in [6, 6.07) is -0.102. The van der Waals surface area contributed by atoms with Gasteiger partial charge < -0.3 is 5.11 Å². The van der Waals surface area contributed by atoms with Gasteiger partial charge in [-0.3, -0.25) is 10.1 Å². The fraction of sp³-hybridized carbons (Fsp3) is 0.222. The summed E-state index contributed by atoms with van der Waals surface area (Å²) >= 11 is 0. The Balaban J connectivity index is 3.91. The van der Waals surface area contributed by atoms with E-state index >= 15 is 0 Å². The number of carboxylic acid groups (broad SMARTS) is 1. The first-order chi connectivity index (χ1) is 8.87. The second-order valence-electron chi connectivity index (χ2n) is 3.44. The number of hydrogen-bond acceptors (Lipinski definition) is 3. The number of rotatable bonds is 2. The van der Waals surface area contributed by atoms with E-state index in [2.05, 4.69) is 0 Å². The normalized spacial score (nSPS) is 12.3. The van der Waals surface area contributed by atoms with Crippen LogP contribution in [0.15, 0.2) is 12.1 Å². The van der Waals surface area contributed by atoms with Crippen LogP contribution in [0.3, 0.4) is 0 Å². The standard InChI is InChI=1S/C9H3F6NO4/c10-8(11,12)3-1-2-4(16(19)20)5(7(17)18)6(3)9(13,14)15/h1-2H,(H,17,18). The average Bonchev–Trinajstić information content (AvgIpc) is 2.24. The number of halogens is 6. The summed E-state index contributed by atoms with van der Waals surface area (Å²) in [5.74, 6) is -2.48. The molecule has 0 fully saturated rings. The van der Waals surface area contributed by atoms with Gasteiger partial charge in [-0.1, -0.05) is 0 Å². The van der Waals surface area contributed by atoms with Gasteiger partial charge in [0.15, 0.2) is 0 Å². The maximum Gasteiger partial charge on any atom is 0.418 e. The number of carbonyl (C=O) groups is 1. The zero-order chi connectivity index (χ0) is 15.9. The largest absolute Gasteiger partial charge is 0.477 e. The van der Waals surface area contributed by atoms with E-state index in [1.165, 1.54) is 0 Å². The molecule has 20 heavy (non-hydrogen) atoms. The van der Waals surface area contributed by atoms with Crippen molar-refractivity contribution < 1.29 is 41.2 Å². The molecular formula is C9H3F6NO4. The second kappa shape index (κ2) is 4.65. The molecule has 0 amide bonds. The lowest BCUT2D eigenvalue weighted by molar-refractivity contribution is -0.385. The van der Waals surface area contributed by atoms with Crippen molar-refractivity contribution in [3.8, 4) is 0 Å². The molecule has 110 valence electrons. The predicted molar refractivity (Wildman–Crippen MR) is 50.1 cm³/mol. The van der Waals surface area contributed by atoms with Gasteiger partial charge in [0.05, 0.1) is 16.1 Å². The van der Waals surface area contributed by atoms with Crippen molar-refractivity contribution in [3.63, 3.8) is 0 Å². The molecule has 0 bridgehead atoms. The number of carboxylic acids is 1. The molecule has 0 aliphatic carbocycles. The minimum Gasteiger partial charge on any atom is -0.477 e. The van der Waals surface area contributed by atoms with Crippen LogP contribution < -0.4 is 0 Å². The average molecular weight is 303 g/mol. The van der Waals surface area contributed by atoms with Crippen molar-refractivity contribution in [1.82, 2.24) is 0 Å². The molecule has 0 heterocycles. The molecular weight excluding hydrogens is 300 g/mol. The van der Waals surface area contributed by atoms with Gasteiger partial charge in [-0.25, -0.2) is 4.79 Å². The molecule has 1 aromatic rings. The van der Waals surface area contributed by atoms with E-state index < -0.39 is 45.6 Å². The van der Waals surface area contributed by atoms with Gasteiger partial charge in [0.25, 0.3) is 5.69 Å². The van der Waals surface area contributed by atoms with Crippen LogP contribution in [0.25, 0.3) is 0 Å². The highest BCUT2D eigenvalue weighted by molar-refractivity contribution is 5.95. The van der Waals surface area contributed by atoms with Crippen molar-refractivity contribution in [2.24, 2.45) is 0 Å². The lowest BCUT2D eigenvalue weighted by Gasteiger charge is -2.17. The van der Waals surface area contributed by atoms with E-state index in [0.29, 0.717) is 0 Å². The highest BCUT2D eigenvalue weighted by Gasteiger charge is 2.48. The molecule has 0 saturated heterocycles. The van der Waals surface area contributed by atoms with Crippen LogP contribution >= 0.6 is 0 Å².